The summed E-state index contributed by atoms with van der Waals surface area (Å²) in [4.78, 5) is 4.22. The first-order chi connectivity index (χ1) is 7.87. The zero-order valence-corrected chi connectivity index (χ0v) is 11.4. The van der Waals surface area contributed by atoms with E-state index in [2.05, 4.69) is 31.0 Å². The third-order valence-electron chi connectivity index (χ3n) is 3.20. The summed E-state index contributed by atoms with van der Waals surface area (Å²) in [5.41, 5.74) is 9.59. The summed E-state index contributed by atoms with van der Waals surface area (Å²) in [6, 6.07) is 2.10. The van der Waals surface area contributed by atoms with Gasteiger partial charge in [0, 0.05) is 11.8 Å². The number of aryl methyl sites for hydroxylation is 1. The number of aromatic nitrogens is 1. The molecule has 1 aliphatic carbocycles. The van der Waals surface area contributed by atoms with Gasteiger partial charge in [-0.05, 0) is 42.4 Å². The van der Waals surface area contributed by atoms with Gasteiger partial charge in [-0.2, -0.15) is 0 Å². The van der Waals surface area contributed by atoms with Gasteiger partial charge in [-0.3, -0.25) is 0 Å². The number of nitrogen functional groups attached to an aromatic ring is 1. The normalized spacial score (nSPS) is 23.3. The molecule has 1 heterocycles. The number of rotatable bonds is 1. The molecule has 0 bridgehead atoms. The molecule has 1 unspecified atom stereocenters. The predicted octanol–water partition coefficient (Wildman–Crippen LogP) is 3.78. The van der Waals surface area contributed by atoms with Crippen LogP contribution in [0.1, 0.15) is 37.8 Å². The fraction of sp³-hybridized carbons (Fsp3) is 0.500. The zero-order valence-electron chi connectivity index (χ0n) is 10.6. The number of hydrogen-bond donors (Lipinski definition) is 1. The van der Waals surface area contributed by atoms with E-state index in [1.807, 2.05) is 6.92 Å². The summed E-state index contributed by atoms with van der Waals surface area (Å²) in [7, 11) is 0. The first-order valence-corrected chi connectivity index (χ1v) is 6.38. The molecule has 17 heavy (non-hydrogen) atoms. The molecule has 0 saturated heterocycles. The number of allylic oxidation sites excluding steroid dienone is 2. The molecule has 1 aromatic heterocycles. The number of nitrogens with two attached hydrogens (primary N) is 1. The van der Waals surface area contributed by atoms with Gasteiger partial charge in [-0.1, -0.05) is 19.9 Å². The van der Waals surface area contributed by atoms with Gasteiger partial charge < -0.3 is 5.73 Å². The Balaban J connectivity index is 2.43. The lowest BCUT2D eigenvalue weighted by Crippen LogP contribution is -2.22. The van der Waals surface area contributed by atoms with Crippen molar-refractivity contribution in [1.82, 2.24) is 4.98 Å². The summed E-state index contributed by atoms with van der Waals surface area (Å²) in [5, 5.41) is 0.0914. The highest BCUT2D eigenvalue weighted by atomic mass is 35.5. The maximum atomic E-state index is 6.30. The molecule has 1 atom stereocenters. The van der Waals surface area contributed by atoms with Crippen molar-refractivity contribution in [2.75, 3.05) is 5.73 Å². The first-order valence-electron chi connectivity index (χ1n) is 5.95. The van der Waals surface area contributed by atoms with Crippen molar-refractivity contribution in [1.29, 1.82) is 0 Å². The van der Waals surface area contributed by atoms with Crippen molar-refractivity contribution in [2.24, 2.45) is 5.41 Å². The third kappa shape index (κ3) is 2.81. The standard InChI is InChI=1S/C14H19ClN2/c1-9-4-12(13(16)17-8-9)10-5-11(15)7-14(2,3)6-10/h4-5,8,11H,6-7H2,1-3H3,(H2,16,17). The van der Waals surface area contributed by atoms with Crippen LogP contribution in [-0.2, 0) is 0 Å². The fourth-order valence-electron chi connectivity index (χ4n) is 2.47. The van der Waals surface area contributed by atoms with Crippen LogP contribution in [-0.4, -0.2) is 10.4 Å². The second kappa shape index (κ2) is 4.34. The molecule has 0 saturated carbocycles. The second-order valence-electron chi connectivity index (χ2n) is 5.70. The van der Waals surface area contributed by atoms with E-state index in [1.54, 1.807) is 6.20 Å². The molecule has 0 amide bonds. The Morgan fingerprint density at radius 1 is 1.47 bits per heavy atom. The molecule has 0 aromatic carbocycles. The third-order valence-corrected chi connectivity index (χ3v) is 3.48. The minimum Gasteiger partial charge on any atom is -0.383 e. The average Bonchev–Trinajstić information content (AvgIpc) is 2.18. The van der Waals surface area contributed by atoms with E-state index in [0.29, 0.717) is 5.82 Å². The lowest BCUT2D eigenvalue weighted by molar-refractivity contribution is 0.340. The van der Waals surface area contributed by atoms with Crippen LogP contribution in [0, 0.1) is 12.3 Å². The van der Waals surface area contributed by atoms with Crippen molar-refractivity contribution in [3.05, 3.63) is 29.5 Å². The van der Waals surface area contributed by atoms with E-state index in [-0.39, 0.29) is 10.8 Å². The fourth-order valence-corrected chi connectivity index (χ4v) is 3.04. The summed E-state index contributed by atoms with van der Waals surface area (Å²) in [6.07, 6.45) is 5.94. The van der Waals surface area contributed by atoms with Gasteiger partial charge in [0.1, 0.15) is 5.82 Å². The van der Waals surface area contributed by atoms with Crippen LogP contribution in [0.5, 0.6) is 0 Å². The predicted molar refractivity (Wildman–Crippen MR) is 74.0 cm³/mol. The number of alkyl halides is 1. The highest BCUT2D eigenvalue weighted by molar-refractivity contribution is 6.22. The first kappa shape index (κ1) is 12.4. The van der Waals surface area contributed by atoms with Gasteiger partial charge in [0.25, 0.3) is 0 Å². The molecule has 2 nitrogen and oxygen atoms in total. The van der Waals surface area contributed by atoms with Crippen molar-refractivity contribution in [2.45, 2.75) is 39.0 Å². The maximum absolute atomic E-state index is 6.30. The molecule has 0 aliphatic heterocycles. The summed E-state index contributed by atoms with van der Waals surface area (Å²) in [6.45, 7) is 6.52. The van der Waals surface area contributed by atoms with Crippen molar-refractivity contribution < 1.29 is 0 Å². The van der Waals surface area contributed by atoms with Crippen LogP contribution in [0.4, 0.5) is 5.82 Å². The molecule has 92 valence electrons. The maximum Gasteiger partial charge on any atom is 0.130 e. The highest BCUT2D eigenvalue weighted by Crippen LogP contribution is 2.42. The number of halogens is 1. The van der Waals surface area contributed by atoms with E-state index in [4.69, 9.17) is 17.3 Å². The Morgan fingerprint density at radius 3 is 2.82 bits per heavy atom. The highest BCUT2D eigenvalue weighted by Gasteiger charge is 2.28. The molecule has 0 spiro atoms. The van der Waals surface area contributed by atoms with Crippen LogP contribution in [0.3, 0.4) is 0 Å². The van der Waals surface area contributed by atoms with Crippen LogP contribution < -0.4 is 5.73 Å². The summed E-state index contributed by atoms with van der Waals surface area (Å²) in [5.74, 6) is 0.600. The largest absolute Gasteiger partial charge is 0.383 e. The quantitative estimate of drug-likeness (QED) is 0.771. The second-order valence-corrected chi connectivity index (χ2v) is 6.26. The number of nitrogens with zero attached hydrogens (tertiary/aromatic N) is 1. The number of hydrogen-bond acceptors (Lipinski definition) is 2. The molecular formula is C14H19ClN2. The van der Waals surface area contributed by atoms with Crippen molar-refractivity contribution in [3.8, 4) is 0 Å². The van der Waals surface area contributed by atoms with Gasteiger partial charge in [0.2, 0.25) is 0 Å². The van der Waals surface area contributed by atoms with E-state index in [9.17, 15) is 0 Å². The van der Waals surface area contributed by atoms with Gasteiger partial charge in [0.05, 0.1) is 5.38 Å². The van der Waals surface area contributed by atoms with Gasteiger partial charge in [0.15, 0.2) is 0 Å². The van der Waals surface area contributed by atoms with Crippen LogP contribution in [0.2, 0.25) is 0 Å². The SMILES string of the molecule is Cc1cnc(N)c(C2=CC(Cl)CC(C)(C)C2)c1. The smallest absolute Gasteiger partial charge is 0.130 e. The Kier molecular flexibility index (Phi) is 3.17. The Bertz CT molecular complexity index is 463. The Morgan fingerprint density at radius 2 is 2.18 bits per heavy atom. The van der Waals surface area contributed by atoms with Gasteiger partial charge in [-0.25, -0.2) is 4.98 Å². The minimum absolute atomic E-state index is 0.0914. The molecule has 1 aromatic rings. The van der Waals surface area contributed by atoms with Crippen LogP contribution in [0.15, 0.2) is 18.3 Å². The molecule has 0 fully saturated rings. The van der Waals surface area contributed by atoms with Crippen molar-refractivity contribution >= 4 is 23.0 Å². The summed E-state index contributed by atoms with van der Waals surface area (Å²) >= 11 is 6.30. The van der Waals surface area contributed by atoms with Crippen LogP contribution >= 0.6 is 11.6 Å². The zero-order chi connectivity index (χ0) is 12.6. The number of anilines is 1. The average molecular weight is 251 g/mol. The van der Waals surface area contributed by atoms with E-state index in [1.165, 1.54) is 5.57 Å². The molecule has 2 rings (SSSR count). The summed E-state index contributed by atoms with van der Waals surface area (Å²) < 4.78 is 0. The molecule has 1 aliphatic rings. The van der Waals surface area contributed by atoms with Gasteiger partial charge >= 0.3 is 0 Å². The van der Waals surface area contributed by atoms with Crippen LogP contribution in [0.25, 0.3) is 5.57 Å². The monoisotopic (exact) mass is 250 g/mol. The topological polar surface area (TPSA) is 38.9 Å². The van der Waals surface area contributed by atoms with E-state index in [0.717, 1.165) is 24.0 Å². The Hall–Kier alpha value is -1.02. The van der Waals surface area contributed by atoms with E-state index < -0.39 is 0 Å². The lowest BCUT2D eigenvalue weighted by atomic mass is 9.75. The molecule has 0 radical (unpaired) electrons. The molecule has 2 N–H and O–H groups in total. The lowest BCUT2D eigenvalue weighted by Gasteiger charge is -2.32. The number of pyridine rings is 1. The molecule has 3 heteroatoms. The Labute approximate surface area is 108 Å². The van der Waals surface area contributed by atoms with Crippen molar-refractivity contribution in [3.63, 3.8) is 0 Å². The van der Waals surface area contributed by atoms with Gasteiger partial charge in [-0.15, -0.1) is 11.6 Å². The minimum atomic E-state index is 0.0914. The molecular weight excluding hydrogens is 232 g/mol. The van der Waals surface area contributed by atoms with E-state index >= 15 is 0 Å².